The van der Waals surface area contributed by atoms with Crippen LogP contribution in [0.25, 0.3) is 22.0 Å². The third-order valence-corrected chi connectivity index (χ3v) is 6.77. The van der Waals surface area contributed by atoms with Crippen molar-refractivity contribution >= 4 is 34.2 Å². The predicted molar refractivity (Wildman–Crippen MR) is 124 cm³/mol. The molecule has 2 aliphatic heterocycles. The summed E-state index contributed by atoms with van der Waals surface area (Å²) in [5.41, 5.74) is -0.784. The molecule has 0 bridgehead atoms. The van der Waals surface area contributed by atoms with Crippen LogP contribution in [0.4, 0.5) is 14.6 Å². The standard InChI is InChI=1S/C24H21ClF2N4O3/c1-3-16(33)30-10-13-7-8-34-23-19-22(28-11-29-24(19)31(13)9-12(30)2)21(27)18(20(23)25)17-14(26)5-4-6-15(17)32/h3-6,11-13,32H,1,7-10H2,2H3/t12-,13-/m0/s1. The largest absolute Gasteiger partial charge is 0.507 e. The zero-order valence-corrected chi connectivity index (χ0v) is 19.0. The fourth-order valence-corrected chi connectivity index (χ4v) is 5.12. The fraction of sp³-hybridized carbons (Fsp3) is 0.292. The monoisotopic (exact) mass is 486 g/mol. The number of aromatic nitrogens is 2. The van der Waals surface area contributed by atoms with Gasteiger partial charge in [0.1, 0.15) is 29.2 Å². The molecule has 1 N–H and O–H groups in total. The molecule has 34 heavy (non-hydrogen) atoms. The number of phenolic OH excluding ortho intramolecular Hbond substituents is 1. The van der Waals surface area contributed by atoms with E-state index < -0.39 is 17.4 Å². The summed E-state index contributed by atoms with van der Waals surface area (Å²) in [5.74, 6) is -1.78. The molecule has 2 atom stereocenters. The summed E-state index contributed by atoms with van der Waals surface area (Å²) in [5, 5.41) is 10.4. The first-order valence-corrected chi connectivity index (χ1v) is 11.2. The van der Waals surface area contributed by atoms with E-state index in [4.69, 9.17) is 16.3 Å². The number of anilines is 1. The molecule has 0 aliphatic carbocycles. The van der Waals surface area contributed by atoms with Crippen molar-refractivity contribution in [1.82, 2.24) is 14.9 Å². The molecular weight excluding hydrogens is 466 g/mol. The van der Waals surface area contributed by atoms with E-state index in [1.165, 1.54) is 24.5 Å². The molecule has 3 heterocycles. The highest BCUT2D eigenvalue weighted by atomic mass is 35.5. The Hall–Kier alpha value is -3.46. The quantitative estimate of drug-likeness (QED) is 0.544. The lowest BCUT2D eigenvalue weighted by molar-refractivity contribution is -0.129. The number of amides is 1. The van der Waals surface area contributed by atoms with E-state index in [1.807, 2.05) is 11.8 Å². The van der Waals surface area contributed by atoms with Gasteiger partial charge in [-0.2, -0.15) is 0 Å². The highest BCUT2D eigenvalue weighted by Gasteiger charge is 2.38. The molecule has 10 heteroatoms. The summed E-state index contributed by atoms with van der Waals surface area (Å²) in [6.07, 6.45) is 3.05. The van der Waals surface area contributed by atoms with Gasteiger partial charge in [-0.3, -0.25) is 4.79 Å². The van der Waals surface area contributed by atoms with Crippen molar-refractivity contribution in [2.75, 3.05) is 24.6 Å². The summed E-state index contributed by atoms with van der Waals surface area (Å²) < 4.78 is 36.5. The molecular formula is C24H21ClF2N4O3. The van der Waals surface area contributed by atoms with Crippen molar-refractivity contribution in [3.8, 4) is 22.6 Å². The third-order valence-electron chi connectivity index (χ3n) is 6.41. The van der Waals surface area contributed by atoms with Crippen LogP contribution in [0.5, 0.6) is 11.5 Å². The number of carbonyl (C=O) groups excluding carboxylic acids is 1. The van der Waals surface area contributed by atoms with Crippen molar-refractivity contribution in [3.05, 3.63) is 53.8 Å². The Morgan fingerprint density at radius 2 is 2.09 bits per heavy atom. The molecule has 7 nitrogen and oxygen atoms in total. The average molecular weight is 487 g/mol. The maximum atomic E-state index is 15.9. The number of halogens is 3. The second-order valence-corrected chi connectivity index (χ2v) is 8.75. The van der Waals surface area contributed by atoms with Gasteiger partial charge in [-0.15, -0.1) is 0 Å². The molecule has 0 saturated carbocycles. The predicted octanol–water partition coefficient (Wildman–Crippen LogP) is 4.31. The Labute approximate surface area is 199 Å². The molecule has 1 amide bonds. The Morgan fingerprint density at radius 3 is 2.82 bits per heavy atom. The lowest BCUT2D eigenvalue weighted by Gasteiger charge is -2.46. The number of phenols is 1. The highest BCUT2D eigenvalue weighted by molar-refractivity contribution is 6.36. The number of fused-ring (bicyclic) bond motifs is 2. The lowest BCUT2D eigenvalue weighted by Crippen LogP contribution is -2.59. The van der Waals surface area contributed by atoms with E-state index in [9.17, 15) is 14.3 Å². The molecule has 176 valence electrons. The van der Waals surface area contributed by atoms with Crippen molar-refractivity contribution < 1.29 is 23.4 Å². The van der Waals surface area contributed by atoms with E-state index in [0.29, 0.717) is 25.3 Å². The van der Waals surface area contributed by atoms with Crippen LogP contribution >= 0.6 is 11.6 Å². The second kappa shape index (κ2) is 8.39. The van der Waals surface area contributed by atoms with Gasteiger partial charge < -0.3 is 19.6 Å². The maximum Gasteiger partial charge on any atom is 0.246 e. The molecule has 2 aromatic carbocycles. The number of nitrogens with zero attached hydrogens (tertiary/aromatic N) is 4. The van der Waals surface area contributed by atoms with E-state index in [-0.39, 0.29) is 57.4 Å². The van der Waals surface area contributed by atoms with Crippen LogP contribution < -0.4 is 9.64 Å². The minimum Gasteiger partial charge on any atom is -0.507 e. The maximum absolute atomic E-state index is 15.9. The molecule has 2 aliphatic rings. The van der Waals surface area contributed by atoms with Crippen LogP contribution in [0.1, 0.15) is 13.3 Å². The molecule has 0 spiro atoms. The molecule has 3 aromatic rings. The zero-order chi connectivity index (χ0) is 24.1. The summed E-state index contributed by atoms with van der Waals surface area (Å²) in [7, 11) is 0. The summed E-state index contributed by atoms with van der Waals surface area (Å²) in [6, 6.07) is 3.40. The third kappa shape index (κ3) is 3.34. The second-order valence-electron chi connectivity index (χ2n) is 8.37. The van der Waals surface area contributed by atoms with Crippen LogP contribution in [-0.2, 0) is 4.79 Å². The Morgan fingerprint density at radius 1 is 1.29 bits per heavy atom. The van der Waals surface area contributed by atoms with Gasteiger partial charge in [-0.05, 0) is 25.1 Å². The van der Waals surface area contributed by atoms with Gasteiger partial charge in [0, 0.05) is 31.1 Å². The van der Waals surface area contributed by atoms with Gasteiger partial charge in [0.05, 0.1) is 28.6 Å². The summed E-state index contributed by atoms with van der Waals surface area (Å²) in [6.45, 7) is 6.59. The van der Waals surface area contributed by atoms with Gasteiger partial charge in [0.25, 0.3) is 0 Å². The van der Waals surface area contributed by atoms with Crippen molar-refractivity contribution in [1.29, 1.82) is 0 Å². The Balaban J connectivity index is 1.73. The van der Waals surface area contributed by atoms with Crippen LogP contribution in [0.2, 0.25) is 5.02 Å². The van der Waals surface area contributed by atoms with Gasteiger partial charge in [0.2, 0.25) is 5.91 Å². The number of carbonyl (C=O) groups is 1. The number of hydrogen-bond acceptors (Lipinski definition) is 6. The van der Waals surface area contributed by atoms with Crippen molar-refractivity contribution in [2.45, 2.75) is 25.4 Å². The molecule has 5 rings (SSSR count). The van der Waals surface area contributed by atoms with Crippen LogP contribution in [0.3, 0.4) is 0 Å². The van der Waals surface area contributed by atoms with Gasteiger partial charge in [-0.1, -0.05) is 24.2 Å². The van der Waals surface area contributed by atoms with E-state index in [1.54, 1.807) is 4.90 Å². The van der Waals surface area contributed by atoms with Crippen molar-refractivity contribution in [3.63, 3.8) is 0 Å². The first-order valence-electron chi connectivity index (χ1n) is 10.8. The lowest BCUT2D eigenvalue weighted by atomic mass is 9.98. The zero-order valence-electron chi connectivity index (χ0n) is 18.3. The first kappa shape index (κ1) is 22.3. The number of piperazine rings is 1. The number of ether oxygens (including phenoxy) is 1. The van der Waals surface area contributed by atoms with Gasteiger partial charge in [-0.25, -0.2) is 18.7 Å². The highest BCUT2D eigenvalue weighted by Crippen LogP contribution is 2.49. The summed E-state index contributed by atoms with van der Waals surface area (Å²) >= 11 is 6.61. The van der Waals surface area contributed by atoms with Crippen LogP contribution in [-0.4, -0.2) is 57.7 Å². The first-order chi connectivity index (χ1) is 16.3. The SMILES string of the molecule is C=CC(=O)N1C[C@@H]2CCOc3c(Cl)c(-c4c(O)cccc4F)c(F)c4ncnc(c34)N2C[C@@H]1C. The van der Waals surface area contributed by atoms with Gasteiger partial charge in [0.15, 0.2) is 11.6 Å². The molecule has 0 radical (unpaired) electrons. The van der Waals surface area contributed by atoms with E-state index in [2.05, 4.69) is 16.5 Å². The molecule has 1 fully saturated rings. The Bertz CT molecular complexity index is 1320. The number of benzene rings is 2. The smallest absolute Gasteiger partial charge is 0.246 e. The average Bonchev–Trinajstić information content (AvgIpc) is 2.81. The topological polar surface area (TPSA) is 78.8 Å². The minimum absolute atomic E-state index is 0.0973. The number of aromatic hydroxyl groups is 1. The van der Waals surface area contributed by atoms with Gasteiger partial charge >= 0.3 is 0 Å². The molecule has 1 aromatic heterocycles. The Kier molecular flexibility index (Phi) is 5.51. The van der Waals surface area contributed by atoms with Crippen LogP contribution in [0.15, 0.2) is 37.2 Å². The van der Waals surface area contributed by atoms with Crippen molar-refractivity contribution in [2.24, 2.45) is 0 Å². The molecule has 0 unspecified atom stereocenters. The van der Waals surface area contributed by atoms with Crippen LogP contribution in [0, 0.1) is 11.6 Å². The number of rotatable bonds is 2. The van der Waals surface area contributed by atoms with E-state index in [0.717, 1.165) is 6.07 Å². The fourth-order valence-electron chi connectivity index (χ4n) is 4.79. The normalized spacial score (nSPS) is 19.8. The number of hydrogen-bond donors (Lipinski definition) is 1. The molecule has 1 saturated heterocycles. The summed E-state index contributed by atoms with van der Waals surface area (Å²) in [4.78, 5) is 24.6. The van der Waals surface area contributed by atoms with E-state index >= 15 is 4.39 Å². The minimum atomic E-state index is -0.887.